The molecule has 5 heterocycles. The Morgan fingerprint density at radius 2 is 1.46 bits per heavy atom. The van der Waals surface area contributed by atoms with E-state index >= 15 is 0 Å². The molecule has 110 heavy (non-hydrogen) atoms. The van der Waals surface area contributed by atoms with E-state index in [9.17, 15) is 38.7 Å². The van der Waals surface area contributed by atoms with Gasteiger partial charge in [0.15, 0.2) is 29.1 Å². The zero-order chi connectivity index (χ0) is 77.2. The molecule has 4 saturated carbocycles. The molecule has 8 aromatic rings. The van der Waals surface area contributed by atoms with Crippen molar-refractivity contribution in [2.24, 2.45) is 16.2 Å². The number of carboxylic acids is 1. The number of anilines is 3. The van der Waals surface area contributed by atoms with Crippen molar-refractivity contribution in [1.82, 2.24) is 30.0 Å². The van der Waals surface area contributed by atoms with E-state index in [0.717, 1.165) is 117 Å². The summed E-state index contributed by atoms with van der Waals surface area (Å²) in [5.74, 6) is -4.01. The van der Waals surface area contributed by atoms with E-state index in [-0.39, 0.29) is 58.4 Å². The Labute approximate surface area is 641 Å². The SMILES string of the molecule is COC(=O)[C@H]1O[C@@H](Oc2ccc(/C=C/CCN(C)CCOC34CC5(C)CC(C)(CC(Cn6ncc(-c7ccc(-c8ccc9c(c8)N(C(=O)Nc8nc%10ccccc%10s8)CCO9)nc7C(=O)O)c6C)(C5)C3)C4)cc2NCCCNC(=O)OCC2c3ccccc3-c3ccccc32)[C@H](OC(C)=O)[C@@H](OC(C)=O)[C@@H]1OC(C)=O. The van der Waals surface area contributed by atoms with E-state index in [2.05, 4.69) is 81.8 Å². The molecule has 4 bridgehead atoms. The number of esters is 4. The number of aromatic carboxylic acids is 1. The summed E-state index contributed by atoms with van der Waals surface area (Å²) < 4.78 is 56.4. The number of benzene rings is 5. The van der Waals surface area contributed by atoms with Crippen LogP contribution < -0.4 is 30.3 Å². The van der Waals surface area contributed by atoms with Gasteiger partial charge in [0.05, 0.1) is 59.3 Å². The zero-order valence-electron chi connectivity index (χ0n) is 62.8. The van der Waals surface area contributed by atoms with Crippen molar-refractivity contribution in [3.8, 4) is 45.0 Å². The Morgan fingerprint density at radius 3 is 2.18 bits per heavy atom. The largest absolute Gasteiger partial charge is 0.490 e. The highest BCUT2D eigenvalue weighted by molar-refractivity contribution is 7.22. The Balaban J connectivity index is 0.616. The number of hydrogen-bond donors (Lipinski definition) is 4. The number of likely N-dealkylation sites (N-methyl/N-ethyl adjacent to an activating group) is 1. The zero-order valence-corrected chi connectivity index (χ0v) is 63.7. The number of nitrogens with one attached hydrogen (secondary N) is 3. The van der Waals surface area contributed by atoms with E-state index in [1.807, 2.05) is 85.8 Å². The van der Waals surface area contributed by atoms with Crippen LogP contribution in [-0.4, -0.2) is 175 Å². The van der Waals surface area contributed by atoms with Crippen LogP contribution in [0.5, 0.6) is 11.5 Å². The maximum atomic E-state index is 13.8. The quantitative estimate of drug-likeness (QED) is 0.0211. The van der Waals surface area contributed by atoms with Gasteiger partial charge in [-0.1, -0.05) is 104 Å². The van der Waals surface area contributed by atoms with Gasteiger partial charge in [-0.2, -0.15) is 5.10 Å². The summed E-state index contributed by atoms with van der Waals surface area (Å²) in [7, 11) is 3.20. The molecule has 2 unspecified atom stereocenters. The molecule has 5 aromatic carbocycles. The molecular formula is C83H91N9O17S. The molecule has 15 rings (SSSR count). The van der Waals surface area contributed by atoms with E-state index in [1.54, 1.807) is 35.4 Å². The van der Waals surface area contributed by atoms with Crippen molar-refractivity contribution < 1.29 is 81.3 Å². The number of rotatable bonds is 27. The number of nitrogens with zero attached hydrogens (tertiary/aromatic N) is 6. The number of methoxy groups -OCH3 is 1. The van der Waals surface area contributed by atoms with E-state index in [0.29, 0.717) is 96.9 Å². The molecule has 3 aromatic heterocycles. The Morgan fingerprint density at radius 1 is 0.755 bits per heavy atom. The Hall–Kier alpha value is -10.7. The van der Waals surface area contributed by atoms with Crippen LogP contribution in [0.15, 0.2) is 134 Å². The van der Waals surface area contributed by atoms with Gasteiger partial charge >= 0.3 is 42.0 Å². The second-order valence-electron chi connectivity index (χ2n) is 30.6. The molecule has 1 saturated heterocycles. The molecule has 27 heteroatoms. The summed E-state index contributed by atoms with van der Waals surface area (Å²) in [6, 6.07) is 37.9. The van der Waals surface area contributed by atoms with Gasteiger partial charge in [0, 0.05) is 81.8 Å². The van der Waals surface area contributed by atoms with Gasteiger partial charge in [-0.05, 0) is 164 Å². The first-order chi connectivity index (χ1) is 52.9. The van der Waals surface area contributed by atoms with Crippen molar-refractivity contribution >= 4 is 86.1 Å². The van der Waals surface area contributed by atoms with Crippen LogP contribution in [0, 0.1) is 23.2 Å². The fraction of sp³-hybridized carbons (Fsp3) is 0.422. The van der Waals surface area contributed by atoms with Gasteiger partial charge < -0.3 is 63.3 Å². The first-order valence-electron chi connectivity index (χ1n) is 37.2. The summed E-state index contributed by atoms with van der Waals surface area (Å²) in [6.07, 6.45) is 4.41. The molecule has 0 radical (unpaired) electrons. The fourth-order valence-corrected chi connectivity index (χ4v) is 19.3. The molecule has 0 spiro atoms. The summed E-state index contributed by atoms with van der Waals surface area (Å²) in [5, 5.41) is 25.5. The molecule has 5 aliphatic carbocycles. The second kappa shape index (κ2) is 31.7. The summed E-state index contributed by atoms with van der Waals surface area (Å²) in [4.78, 5) is 104. The smallest absolute Gasteiger partial charge is 0.407 e. The number of amides is 3. The third-order valence-electron chi connectivity index (χ3n) is 21.7. The maximum absolute atomic E-state index is 13.8. The molecule has 3 amide bonds. The molecule has 2 aliphatic heterocycles. The number of pyridine rings is 1. The van der Waals surface area contributed by atoms with Gasteiger partial charge in [0.2, 0.25) is 12.4 Å². The van der Waals surface area contributed by atoms with Crippen molar-refractivity contribution in [3.05, 3.63) is 162 Å². The van der Waals surface area contributed by atoms with Crippen LogP contribution in [0.25, 0.3) is 49.8 Å². The number of urea groups is 1. The van der Waals surface area contributed by atoms with Crippen molar-refractivity contribution in [3.63, 3.8) is 0 Å². The van der Waals surface area contributed by atoms with Gasteiger partial charge in [0.1, 0.15) is 24.7 Å². The van der Waals surface area contributed by atoms with Crippen LogP contribution in [0.3, 0.4) is 0 Å². The normalized spacial score (nSPS) is 23.5. The number of carboxylic acid groups (broad SMARTS) is 1. The predicted molar refractivity (Wildman–Crippen MR) is 411 cm³/mol. The average molecular weight is 1520 g/mol. The number of hydrogen-bond acceptors (Lipinski definition) is 22. The number of carbonyl (C=O) groups is 7. The average Bonchev–Trinajstić information content (AvgIpc) is 0.786. The van der Waals surface area contributed by atoms with Gasteiger partial charge in [-0.25, -0.2) is 29.1 Å². The number of fused-ring (bicyclic) bond motifs is 5. The number of carbonyl (C=O) groups excluding carboxylic acids is 6. The van der Waals surface area contributed by atoms with E-state index < -0.39 is 66.6 Å². The topological polar surface area (TPSA) is 309 Å². The monoisotopic (exact) mass is 1520 g/mol. The van der Waals surface area contributed by atoms with Crippen LogP contribution >= 0.6 is 11.3 Å². The lowest BCUT2D eigenvalue weighted by Gasteiger charge is -2.69. The number of aromatic nitrogens is 4. The third kappa shape index (κ3) is 16.4. The first-order valence-corrected chi connectivity index (χ1v) is 38.0. The number of thiazole rings is 1. The number of alkyl carbamates (subject to hydrolysis) is 1. The molecule has 576 valence electrons. The molecule has 7 atom stereocenters. The van der Waals surface area contributed by atoms with Crippen molar-refractivity contribution in [1.29, 1.82) is 0 Å². The number of para-hydroxylation sites is 1. The molecule has 4 N–H and O–H groups in total. The van der Waals surface area contributed by atoms with E-state index in [1.165, 1.54) is 11.3 Å². The second-order valence-corrected chi connectivity index (χ2v) is 31.6. The van der Waals surface area contributed by atoms with Crippen molar-refractivity contribution in [2.75, 3.05) is 82.2 Å². The minimum atomic E-state index is -1.68. The highest BCUT2D eigenvalue weighted by Gasteiger charge is 2.66. The molecule has 7 aliphatic rings. The maximum Gasteiger partial charge on any atom is 0.407 e. The minimum absolute atomic E-state index is 0.0543. The highest BCUT2D eigenvalue weighted by atomic mass is 32.1. The number of ether oxygens (including phenoxy) is 9. The third-order valence-corrected chi connectivity index (χ3v) is 22.7. The molecular weight excluding hydrogens is 1430 g/mol. The first kappa shape index (κ1) is 76.0. The Bertz CT molecular complexity index is 4790. The summed E-state index contributed by atoms with van der Waals surface area (Å²) in [6.45, 7) is 14.1. The minimum Gasteiger partial charge on any atom is -0.490 e. The van der Waals surface area contributed by atoms with Gasteiger partial charge in [-0.3, -0.25) is 29.3 Å². The van der Waals surface area contributed by atoms with Crippen LogP contribution in [0.1, 0.15) is 125 Å². The van der Waals surface area contributed by atoms with E-state index in [4.69, 9.17) is 52.7 Å². The summed E-state index contributed by atoms with van der Waals surface area (Å²) >= 11 is 1.39. The lowest BCUT2D eigenvalue weighted by Crippen LogP contribution is -2.64. The fourth-order valence-electron chi connectivity index (χ4n) is 18.4. The van der Waals surface area contributed by atoms with Crippen LogP contribution in [0.4, 0.5) is 26.1 Å². The lowest BCUT2D eigenvalue weighted by molar-refractivity contribution is -0.282. The van der Waals surface area contributed by atoms with Gasteiger partial charge in [0.25, 0.3) is 0 Å². The summed E-state index contributed by atoms with van der Waals surface area (Å²) in [5.41, 5.74) is 9.62. The van der Waals surface area contributed by atoms with Crippen molar-refractivity contribution in [2.45, 2.75) is 142 Å². The molecule has 26 nitrogen and oxygen atoms in total. The highest BCUT2D eigenvalue weighted by Crippen LogP contribution is 2.72. The van der Waals surface area contributed by atoms with Crippen LogP contribution in [0.2, 0.25) is 0 Å². The molecule has 5 fully saturated rings. The predicted octanol–water partition coefficient (Wildman–Crippen LogP) is 13.2. The standard InChI is InChI=1S/C83H91N9O17S/c1-49-60(59-27-28-62(87-69(59)74(96)97)54-26-30-67-65(39-54)91(35-36-102-67)78(99)89-77-88-63-23-13-14-24-68(63)110-77)40-86-92(49)48-82-43-80(5)42-81(6,44-82)46-83(45-80,47-82)104-37-34-90(7)33-16-15-18-53-25-29-66(108-76-73(107-52(4)95)71(106-51(3)94)70(105-50(2)93)72(109-76)75(98)101-8)64(38-53)84-31-17-32-85-79(100)103-41-61-57-21-11-9-19-55(57)56-20-10-12-22-58(56)61/h9-15,18-30,38-40,61,70-73,76,84H,16-17,31-37,41-48H2,1-8H3,(H,85,100)(H,96,97)(H,88,89,99)/b18-15+/t70-,71-,72-,73+,76+,80?,81?,82?,83?/m0/s1. The Kier molecular flexibility index (Phi) is 21.9. The lowest BCUT2D eigenvalue weighted by atomic mass is 9.39. The van der Waals surface area contributed by atoms with Gasteiger partial charge in [-0.15, -0.1) is 0 Å². The van der Waals surface area contributed by atoms with Crippen LogP contribution in [-0.2, 0) is 58.9 Å².